The fourth-order valence-corrected chi connectivity index (χ4v) is 1.24. The summed E-state index contributed by atoms with van der Waals surface area (Å²) >= 11 is 0. The van der Waals surface area contributed by atoms with Gasteiger partial charge >= 0.3 is 0 Å². The smallest absolute Gasteiger partial charge is 0.213 e. The zero-order valence-corrected chi connectivity index (χ0v) is 11.6. The number of pyridine rings is 2. The quantitative estimate of drug-likeness (QED) is 0.845. The van der Waals surface area contributed by atoms with Crippen molar-refractivity contribution in [2.45, 2.75) is 26.9 Å². The monoisotopic (exact) mass is 260 g/mol. The molecule has 0 atom stereocenters. The Hall–Kier alpha value is -2.10. The topological polar surface area (TPSA) is 44.2 Å². The molecule has 102 valence electrons. The number of aromatic nitrogens is 2. The number of hydrogen-bond acceptors (Lipinski definition) is 4. The van der Waals surface area contributed by atoms with E-state index in [9.17, 15) is 0 Å². The predicted octanol–water partition coefficient (Wildman–Crippen LogP) is 3.35. The van der Waals surface area contributed by atoms with Crippen LogP contribution < -0.4 is 9.47 Å². The molecule has 0 aromatic carbocycles. The van der Waals surface area contributed by atoms with Gasteiger partial charge in [-0.3, -0.25) is 0 Å². The molecular weight excluding hydrogens is 240 g/mol. The number of rotatable bonds is 4. The van der Waals surface area contributed by atoms with Crippen molar-refractivity contribution in [1.82, 2.24) is 9.97 Å². The predicted molar refractivity (Wildman–Crippen MR) is 75.4 cm³/mol. The molecule has 0 radical (unpaired) electrons. The van der Waals surface area contributed by atoms with Crippen molar-refractivity contribution in [3.8, 4) is 11.8 Å². The maximum absolute atomic E-state index is 5.30. The third-order valence-corrected chi connectivity index (χ3v) is 1.92. The van der Waals surface area contributed by atoms with Crippen LogP contribution >= 0.6 is 0 Å². The number of hydrogen-bond donors (Lipinski definition) is 0. The molecule has 2 rings (SSSR count). The van der Waals surface area contributed by atoms with Crippen LogP contribution in [0.5, 0.6) is 11.8 Å². The van der Waals surface area contributed by atoms with E-state index in [2.05, 4.69) is 9.97 Å². The number of nitrogens with zero attached hydrogens (tertiary/aromatic N) is 2. The molecule has 0 saturated carbocycles. The molecule has 0 bridgehead atoms. The van der Waals surface area contributed by atoms with Gasteiger partial charge in [-0.25, -0.2) is 9.97 Å². The van der Waals surface area contributed by atoms with E-state index in [-0.39, 0.29) is 6.10 Å². The minimum Gasteiger partial charge on any atom is -0.478 e. The van der Waals surface area contributed by atoms with Crippen molar-refractivity contribution in [1.29, 1.82) is 0 Å². The summed E-state index contributed by atoms with van der Waals surface area (Å²) in [5.74, 6) is 1.39. The van der Waals surface area contributed by atoms with E-state index < -0.39 is 0 Å². The largest absolute Gasteiger partial charge is 0.478 e. The van der Waals surface area contributed by atoms with Gasteiger partial charge in [-0.2, -0.15) is 0 Å². The van der Waals surface area contributed by atoms with E-state index in [4.69, 9.17) is 9.47 Å². The van der Waals surface area contributed by atoms with Crippen LogP contribution in [0.15, 0.2) is 48.8 Å². The molecule has 0 aliphatic carbocycles. The van der Waals surface area contributed by atoms with Crippen LogP contribution in [0, 0.1) is 0 Å². The van der Waals surface area contributed by atoms with E-state index in [0.717, 1.165) is 0 Å². The first kappa shape index (κ1) is 15.0. The van der Waals surface area contributed by atoms with Gasteiger partial charge in [0.15, 0.2) is 0 Å². The summed E-state index contributed by atoms with van der Waals surface area (Å²) in [6, 6.07) is 11.2. The van der Waals surface area contributed by atoms with Crippen LogP contribution in [-0.2, 0) is 0 Å². The molecule has 0 saturated heterocycles. The third kappa shape index (κ3) is 7.03. The Balaban J connectivity index is 0.000000191. The van der Waals surface area contributed by atoms with Crippen molar-refractivity contribution in [3.63, 3.8) is 0 Å². The van der Waals surface area contributed by atoms with Crippen LogP contribution in [-0.4, -0.2) is 22.7 Å². The molecule has 0 unspecified atom stereocenters. The lowest BCUT2D eigenvalue weighted by Crippen LogP contribution is -2.06. The van der Waals surface area contributed by atoms with Gasteiger partial charge in [-0.1, -0.05) is 12.1 Å². The van der Waals surface area contributed by atoms with E-state index in [1.807, 2.05) is 57.2 Å². The van der Waals surface area contributed by atoms with E-state index in [1.165, 1.54) is 0 Å². The van der Waals surface area contributed by atoms with Gasteiger partial charge in [0.1, 0.15) is 0 Å². The molecule has 4 heteroatoms. The molecule has 19 heavy (non-hydrogen) atoms. The van der Waals surface area contributed by atoms with Crippen molar-refractivity contribution >= 4 is 0 Å². The number of ether oxygens (including phenoxy) is 2. The van der Waals surface area contributed by atoms with Gasteiger partial charge in [0.2, 0.25) is 11.8 Å². The van der Waals surface area contributed by atoms with Crippen molar-refractivity contribution in [2.75, 3.05) is 6.61 Å². The SMILES string of the molecule is CC(C)Oc1ccccn1.CCOc1ccccn1. The molecule has 0 N–H and O–H groups in total. The van der Waals surface area contributed by atoms with Gasteiger partial charge < -0.3 is 9.47 Å². The Kier molecular flexibility index (Phi) is 7.02. The molecule has 0 spiro atoms. The van der Waals surface area contributed by atoms with E-state index in [1.54, 1.807) is 12.4 Å². The highest BCUT2D eigenvalue weighted by Gasteiger charge is 1.94. The minimum atomic E-state index is 0.204. The summed E-state index contributed by atoms with van der Waals surface area (Å²) in [5.41, 5.74) is 0. The molecule has 2 heterocycles. The Morgan fingerprint density at radius 2 is 1.53 bits per heavy atom. The molecule has 2 aromatic heterocycles. The van der Waals surface area contributed by atoms with Crippen molar-refractivity contribution in [2.24, 2.45) is 0 Å². The van der Waals surface area contributed by atoms with Gasteiger partial charge in [-0.05, 0) is 32.9 Å². The first-order valence-electron chi connectivity index (χ1n) is 6.34. The highest BCUT2D eigenvalue weighted by Crippen LogP contribution is 2.05. The second-order valence-electron chi connectivity index (χ2n) is 3.94. The Morgan fingerprint density at radius 1 is 0.947 bits per heavy atom. The fourth-order valence-electron chi connectivity index (χ4n) is 1.24. The van der Waals surface area contributed by atoms with E-state index in [0.29, 0.717) is 18.4 Å². The van der Waals surface area contributed by atoms with E-state index >= 15 is 0 Å². The minimum absolute atomic E-state index is 0.204. The molecule has 0 fully saturated rings. The molecule has 0 aliphatic rings. The van der Waals surface area contributed by atoms with Crippen molar-refractivity contribution in [3.05, 3.63) is 48.8 Å². The molecule has 0 aliphatic heterocycles. The Labute approximate surface area is 114 Å². The maximum Gasteiger partial charge on any atom is 0.213 e. The standard InChI is InChI=1S/C8H11NO.C7H9NO/c1-7(2)10-8-5-3-4-6-9-8;1-2-9-7-5-3-4-6-8-7/h3-7H,1-2H3;3-6H,2H2,1H3. The summed E-state index contributed by atoms with van der Waals surface area (Å²) in [4.78, 5) is 7.94. The lowest BCUT2D eigenvalue weighted by Gasteiger charge is -2.06. The molecule has 2 aromatic rings. The van der Waals surface area contributed by atoms with Crippen LogP contribution in [0.4, 0.5) is 0 Å². The second-order valence-corrected chi connectivity index (χ2v) is 3.94. The second kappa shape index (κ2) is 8.91. The molecular formula is C15H20N2O2. The summed E-state index contributed by atoms with van der Waals surface area (Å²) in [6.45, 7) is 6.58. The first-order valence-corrected chi connectivity index (χ1v) is 6.34. The van der Waals surface area contributed by atoms with Gasteiger partial charge in [0, 0.05) is 24.5 Å². The Bertz CT molecular complexity index is 432. The summed E-state index contributed by atoms with van der Waals surface area (Å²) in [6.07, 6.45) is 3.64. The zero-order valence-electron chi connectivity index (χ0n) is 11.6. The molecule has 0 amide bonds. The molecule has 4 nitrogen and oxygen atoms in total. The van der Waals surface area contributed by atoms with Crippen LogP contribution in [0.2, 0.25) is 0 Å². The van der Waals surface area contributed by atoms with Crippen molar-refractivity contribution < 1.29 is 9.47 Å². The summed E-state index contributed by atoms with van der Waals surface area (Å²) in [5, 5.41) is 0. The van der Waals surface area contributed by atoms with Gasteiger partial charge in [-0.15, -0.1) is 0 Å². The zero-order chi connectivity index (χ0) is 13.9. The third-order valence-electron chi connectivity index (χ3n) is 1.92. The summed E-state index contributed by atoms with van der Waals surface area (Å²) < 4.78 is 10.4. The van der Waals surface area contributed by atoms with Crippen LogP contribution in [0.3, 0.4) is 0 Å². The lowest BCUT2D eigenvalue weighted by atomic mass is 10.4. The average Bonchev–Trinajstić information content (AvgIpc) is 2.41. The highest BCUT2D eigenvalue weighted by atomic mass is 16.5. The lowest BCUT2D eigenvalue weighted by molar-refractivity contribution is 0.232. The summed E-state index contributed by atoms with van der Waals surface area (Å²) in [7, 11) is 0. The first-order chi connectivity index (χ1) is 9.22. The van der Waals surface area contributed by atoms with Gasteiger partial charge in [0.25, 0.3) is 0 Å². The normalized spacial score (nSPS) is 9.47. The van der Waals surface area contributed by atoms with Crippen LogP contribution in [0.1, 0.15) is 20.8 Å². The maximum atomic E-state index is 5.30. The average molecular weight is 260 g/mol. The van der Waals surface area contributed by atoms with Crippen LogP contribution in [0.25, 0.3) is 0 Å². The highest BCUT2D eigenvalue weighted by molar-refractivity contribution is 5.09. The fraction of sp³-hybridized carbons (Fsp3) is 0.333. The van der Waals surface area contributed by atoms with Gasteiger partial charge in [0.05, 0.1) is 12.7 Å². The Morgan fingerprint density at radius 3 is 1.95 bits per heavy atom.